The molecule has 0 atom stereocenters. The van der Waals surface area contributed by atoms with Crippen molar-refractivity contribution in [1.29, 1.82) is 0 Å². The van der Waals surface area contributed by atoms with Crippen LogP contribution in [0.3, 0.4) is 0 Å². The first-order valence-corrected chi connectivity index (χ1v) is 6.49. The van der Waals surface area contributed by atoms with Gasteiger partial charge in [-0.1, -0.05) is 18.2 Å². The van der Waals surface area contributed by atoms with Crippen molar-refractivity contribution in [1.82, 2.24) is 4.98 Å². The monoisotopic (exact) mass is 256 g/mol. The normalized spacial score (nSPS) is 14.6. The molecule has 0 amide bonds. The fourth-order valence-corrected chi connectivity index (χ4v) is 2.37. The van der Waals surface area contributed by atoms with Gasteiger partial charge in [0, 0.05) is 24.7 Å². The summed E-state index contributed by atoms with van der Waals surface area (Å²) in [6.45, 7) is 0.979. The van der Waals surface area contributed by atoms with E-state index in [2.05, 4.69) is 9.88 Å². The molecule has 1 aliphatic carbocycles. The molecule has 19 heavy (non-hydrogen) atoms. The van der Waals surface area contributed by atoms with Crippen molar-refractivity contribution >= 4 is 22.6 Å². The molecule has 1 aliphatic rings. The topological polar surface area (TPSA) is 53.4 Å². The average molecular weight is 256 g/mol. The molecular formula is C15H16N2O2. The lowest BCUT2D eigenvalue weighted by Gasteiger charge is -2.21. The van der Waals surface area contributed by atoms with Crippen LogP contribution in [-0.2, 0) is 0 Å². The third kappa shape index (κ3) is 2.38. The van der Waals surface area contributed by atoms with Gasteiger partial charge < -0.3 is 10.0 Å². The van der Waals surface area contributed by atoms with Gasteiger partial charge >= 0.3 is 5.97 Å². The smallest absolute Gasteiger partial charge is 0.354 e. The van der Waals surface area contributed by atoms with E-state index in [0.717, 1.165) is 29.1 Å². The van der Waals surface area contributed by atoms with Gasteiger partial charge in [-0.3, -0.25) is 0 Å². The number of fused-ring (bicyclic) bond motifs is 1. The second-order valence-electron chi connectivity index (χ2n) is 5.17. The van der Waals surface area contributed by atoms with Gasteiger partial charge in [-0.25, -0.2) is 9.78 Å². The minimum absolute atomic E-state index is 0.108. The average Bonchev–Trinajstić information content (AvgIpc) is 3.21. The molecule has 0 saturated heterocycles. The summed E-state index contributed by atoms with van der Waals surface area (Å²) >= 11 is 0. The van der Waals surface area contributed by atoms with Crippen molar-refractivity contribution in [2.45, 2.75) is 12.8 Å². The molecule has 4 nitrogen and oxygen atoms in total. The van der Waals surface area contributed by atoms with Crippen LogP contribution in [0.15, 0.2) is 30.3 Å². The highest BCUT2D eigenvalue weighted by Gasteiger charge is 2.24. The maximum absolute atomic E-state index is 11.2. The molecule has 3 rings (SSSR count). The minimum atomic E-state index is -0.980. The fraction of sp³-hybridized carbons (Fsp3) is 0.333. The highest BCUT2D eigenvalue weighted by molar-refractivity contribution is 5.97. The summed E-state index contributed by atoms with van der Waals surface area (Å²) in [6.07, 6.45) is 2.55. The van der Waals surface area contributed by atoms with Crippen molar-refractivity contribution in [2.75, 3.05) is 18.5 Å². The lowest BCUT2D eigenvalue weighted by Crippen LogP contribution is -2.21. The number of para-hydroxylation sites is 1. The molecule has 4 heteroatoms. The van der Waals surface area contributed by atoms with Gasteiger partial charge in [-0.15, -0.1) is 0 Å². The summed E-state index contributed by atoms with van der Waals surface area (Å²) in [5, 5.41) is 10.2. The van der Waals surface area contributed by atoms with Crippen molar-refractivity contribution in [3.63, 3.8) is 0 Å². The number of aromatic nitrogens is 1. The Morgan fingerprint density at radius 3 is 2.84 bits per heavy atom. The number of anilines is 1. The number of benzene rings is 1. The maximum atomic E-state index is 11.2. The van der Waals surface area contributed by atoms with E-state index in [1.54, 1.807) is 6.07 Å². The van der Waals surface area contributed by atoms with E-state index in [-0.39, 0.29) is 5.69 Å². The molecule has 1 aromatic heterocycles. The third-order valence-electron chi connectivity index (χ3n) is 3.55. The van der Waals surface area contributed by atoms with Crippen LogP contribution in [-0.4, -0.2) is 29.7 Å². The zero-order valence-corrected chi connectivity index (χ0v) is 10.8. The van der Waals surface area contributed by atoms with Gasteiger partial charge in [0.05, 0.1) is 5.52 Å². The molecule has 0 radical (unpaired) electrons. The summed E-state index contributed by atoms with van der Waals surface area (Å²) in [5.74, 6) is -0.225. The van der Waals surface area contributed by atoms with Gasteiger partial charge in [0.1, 0.15) is 0 Å². The molecule has 1 aromatic carbocycles. The standard InChI is InChI=1S/C15H16N2O2/c1-17(9-10-6-7-10)14-8-13(15(18)19)16-12-5-3-2-4-11(12)14/h2-5,8,10H,6-7,9H2,1H3,(H,18,19). The van der Waals surface area contributed by atoms with Gasteiger partial charge in [0.2, 0.25) is 0 Å². The third-order valence-corrected chi connectivity index (χ3v) is 3.55. The first-order valence-electron chi connectivity index (χ1n) is 6.49. The number of hydrogen-bond acceptors (Lipinski definition) is 3. The summed E-state index contributed by atoms with van der Waals surface area (Å²) in [5.41, 5.74) is 1.80. The molecule has 1 saturated carbocycles. The van der Waals surface area contributed by atoms with Crippen LogP contribution in [0.4, 0.5) is 5.69 Å². The predicted octanol–water partition coefficient (Wildman–Crippen LogP) is 2.78. The Morgan fingerprint density at radius 1 is 1.42 bits per heavy atom. The van der Waals surface area contributed by atoms with Crippen molar-refractivity contribution in [3.8, 4) is 0 Å². The van der Waals surface area contributed by atoms with Gasteiger partial charge in [-0.2, -0.15) is 0 Å². The van der Waals surface area contributed by atoms with Crippen molar-refractivity contribution < 1.29 is 9.90 Å². The zero-order chi connectivity index (χ0) is 13.4. The van der Waals surface area contributed by atoms with E-state index < -0.39 is 5.97 Å². The highest BCUT2D eigenvalue weighted by Crippen LogP contribution is 2.33. The largest absolute Gasteiger partial charge is 0.477 e. The van der Waals surface area contributed by atoms with Crippen LogP contribution >= 0.6 is 0 Å². The second-order valence-corrected chi connectivity index (χ2v) is 5.17. The summed E-state index contributed by atoms with van der Waals surface area (Å²) in [7, 11) is 2.02. The van der Waals surface area contributed by atoms with Gasteiger partial charge in [-0.05, 0) is 30.9 Å². The predicted molar refractivity (Wildman–Crippen MR) is 74.7 cm³/mol. The number of carboxylic acid groups (broad SMARTS) is 1. The number of pyridine rings is 1. The molecule has 0 bridgehead atoms. The molecule has 1 fully saturated rings. The number of rotatable bonds is 4. The Morgan fingerprint density at radius 2 is 2.16 bits per heavy atom. The van der Waals surface area contributed by atoms with Crippen LogP contribution < -0.4 is 4.90 Å². The molecule has 0 spiro atoms. The van der Waals surface area contributed by atoms with E-state index >= 15 is 0 Å². The molecular weight excluding hydrogens is 240 g/mol. The lowest BCUT2D eigenvalue weighted by molar-refractivity contribution is 0.0691. The Bertz CT molecular complexity index is 635. The molecule has 2 aromatic rings. The quantitative estimate of drug-likeness (QED) is 0.914. The molecule has 98 valence electrons. The first kappa shape index (κ1) is 12.0. The number of carboxylic acids is 1. The second kappa shape index (κ2) is 4.53. The van der Waals surface area contributed by atoms with E-state index in [1.807, 2.05) is 31.3 Å². The summed E-state index contributed by atoms with van der Waals surface area (Å²) < 4.78 is 0. The Hall–Kier alpha value is -2.10. The summed E-state index contributed by atoms with van der Waals surface area (Å²) in [6, 6.07) is 9.36. The van der Waals surface area contributed by atoms with E-state index in [1.165, 1.54) is 12.8 Å². The van der Waals surface area contributed by atoms with E-state index in [9.17, 15) is 4.79 Å². The van der Waals surface area contributed by atoms with Crippen LogP contribution in [0.25, 0.3) is 10.9 Å². The Kier molecular flexibility index (Phi) is 2.85. The van der Waals surface area contributed by atoms with Crippen LogP contribution in [0.5, 0.6) is 0 Å². The highest BCUT2D eigenvalue weighted by atomic mass is 16.4. The molecule has 0 unspecified atom stereocenters. The molecule has 0 aliphatic heterocycles. The van der Waals surface area contributed by atoms with Gasteiger partial charge in [0.15, 0.2) is 5.69 Å². The Labute approximate surface area is 111 Å². The van der Waals surface area contributed by atoms with Crippen molar-refractivity contribution in [2.24, 2.45) is 5.92 Å². The lowest BCUT2D eigenvalue weighted by atomic mass is 10.1. The fourth-order valence-electron chi connectivity index (χ4n) is 2.37. The van der Waals surface area contributed by atoms with Gasteiger partial charge in [0.25, 0.3) is 0 Å². The van der Waals surface area contributed by atoms with Crippen LogP contribution in [0.1, 0.15) is 23.3 Å². The van der Waals surface area contributed by atoms with E-state index in [0.29, 0.717) is 0 Å². The zero-order valence-electron chi connectivity index (χ0n) is 10.8. The van der Waals surface area contributed by atoms with Crippen LogP contribution in [0, 0.1) is 5.92 Å². The summed E-state index contributed by atoms with van der Waals surface area (Å²) in [4.78, 5) is 17.5. The SMILES string of the molecule is CN(CC1CC1)c1cc(C(=O)O)nc2ccccc12. The first-order chi connectivity index (χ1) is 9.15. The number of aromatic carboxylic acids is 1. The van der Waals surface area contributed by atoms with Crippen LogP contribution in [0.2, 0.25) is 0 Å². The minimum Gasteiger partial charge on any atom is -0.477 e. The number of nitrogens with zero attached hydrogens (tertiary/aromatic N) is 2. The van der Waals surface area contributed by atoms with E-state index in [4.69, 9.17) is 5.11 Å². The molecule has 1 heterocycles. The van der Waals surface area contributed by atoms with Crippen molar-refractivity contribution in [3.05, 3.63) is 36.0 Å². The number of carbonyl (C=O) groups is 1. The maximum Gasteiger partial charge on any atom is 0.354 e. The Balaban J connectivity index is 2.10. The number of hydrogen-bond donors (Lipinski definition) is 1. The molecule has 1 N–H and O–H groups in total.